The Bertz CT molecular complexity index is 1270. The number of nitrogens with zero attached hydrogens (tertiary/aromatic N) is 2. The Morgan fingerprint density at radius 3 is 2.48 bits per heavy atom. The van der Waals surface area contributed by atoms with Crippen LogP contribution in [0.25, 0.3) is 16.7 Å². The van der Waals surface area contributed by atoms with Crippen molar-refractivity contribution >= 4 is 22.7 Å². The molecule has 5 rings (SSSR count). The van der Waals surface area contributed by atoms with Crippen molar-refractivity contribution in [2.24, 2.45) is 0 Å². The lowest BCUT2D eigenvalue weighted by Crippen LogP contribution is -2.20. The van der Waals surface area contributed by atoms with E-state index in [0.717, 1.165) is 28.0 Å². The van der Waals surface area contributed by atoms with Crippen LogP contribution < -0.4 is 14.8 Å². The third-order valence-corrected chi connectivity index (χ3v) is 5.30. The average molecular weight is 419 g/mol. The molecule has 7 heteroatoms. The smallest absolute Gasteiger partial charge is 0.387 e. The van der Waals surface area contributed by atoms with Crippen molar-refractivity contribution in [3.8, 4) is 11.5 Å². The number of nitrogens with one attached hydrogen (secondary N) is 1. The van der Waals surface area contributed by atoms with Crippen molar-refractivity contribution in [1.29, 1.82) is 0 Å². The number of methoxy groups -OCH3 is 1. The molecule has 156 valence electrons. The summed E-state index contributed by atoms with van der Waals surface area (Å²) in [5.74, 6) is 1.52. The molecule has 1 N–H and O–H groups in total. The molecule has 0 unspecified atom stereocenters. The molecule has 0 fully saturated rings. The number of ether oxygens (including phenoxy) is 2. The van der Waals surface area contributed by atoms with E-state index in [2.05, 4.69) is 5.32 Å². The minimum Gasteiger partial charge on any atom is -0.497 e. The first-order valence-corrected chi connectivity index (χ1v) is 9.78. The highest BCUT2D eigenvalue weighted by Crippen LogP contribution is 2.40. The third kappa shape index (κ3) is 3.48. The van der Waals surface area contributed by atoms with E-state index in [9.17, 15) is 8.78 Å². The fraction of sp³-hybridized carbons (Fsp3) is 0.125. The van der Waals surface area contributed by atoms with E-state index < -0.39 is 12.7 Å². The molecule has 0 saturated heterocycles. The van der Waals surface area contributed by atoms with Crippen molar-refractivity contribution < 1.29 is 18.3 Å². The van der Waals surface area contributed by atoms with E-state index in [1.165, 1.54) is 0 Å². The van der Waals surface area contributed by atoms with Crippen LogP contribution in [-0.2, 0) is 0 Å². The summed E-state index contributed by atoms with van der Waals surface area (Å²) in [6.45, 7) is -2.91. The molecule has 0 bridgehead atoms. The number of fused-ring (bicyclic) bond motifs is 3. The highest BCUT2D eigenvalue weighted by molar-refractivity contribution is 5.85. The third-order valence-electron chi connectivity index (χ3n) is 5.30. The molecule has 0 aliphatic carbocycles. The lowest BCUT2D eigenvalue weighted by atomic mass is 10.00. The molecule has 1 atom stereocenters. The Balaban J connectivity index is 1.69. The van der Waals surface area contributed by atoms with Gasteiger partial charge >= 0.3 is 6.61 Å². The topological polar surface area (TPSA) is 48.3 Å². The summed E-state index contributed by atoms with van der Waals surface area (Å²) in [5.41, 5.74) is 4.08. The molecule has 2 heterocycles. The van der Waals surface area contributed by atoms with Crippen LogP contribution in [0.3, 0.4) is 0 Å². The minimum absolute atomic E-state index is 0.137. The summed E-state index contributed by atoms with van der Waals surface area (Å²) >= 11 is 0. The summed E-state index contributed by atoms with van der Waals surface area (Å²) in [5, 5.41) is 3.38. The van der Waals surface area contributed by atoms with Gasteiger partial charge in [-0.2, -0.15) is 8.78 Å². The number of hydrogen-bond donors (Lipinski definition) is 1. The lowest BCUT2D eigenvalue weighted by molar-refractivity contribution is -0.0505. The van der Waals surface area contributed by atoms with Gasteiger partial charge in [0.05, 0.1) is 24.2 Å². The number of para-hydroxylation sites is 3. The van der Waals surface area contributed by atoms with Crippen LogP contribution in [0.15, 0.2) is 78.9 Å². The monoisotopic (exact) mass is 419 g/mol. The van der Waals surface area contributed by atoms with Crippen LogP contribution in [0.2, 0.25) is 0 Å². The summed E-state index contributed by atoms with van der Waals surface area (Å²) in [7, 11) is 1.62. The van der Waals surface area contributed by atoms with Crippen molar-refractivity contribution in [3.63, 3.8) is 0 Å². The van der Waals surface area contributed by atoms with E-state index >= 15 is 0 Å². The number of halogens is 2. The minimum atomic E-state index is -2.91. The molecule has 5 nitrogen and oxygen atoms in total. The number of aromatic nitrogens is 2. The fourth-order valence-corrected chi connectivity index (χ4v) is 3.90. The highest BCUT2D eigenvalue weighted by Gasteiger charge is 2.27. The maximum Gasteiger partial charge on any atom is 0.387 e. The van der Waals surface area contributed by atoms with Gasteiger partial charge in [-0.3, -0.25) is 4.57 Å². The average Bonchev–Trinajstić information content (AvgIpc) is 3.17. The summed E-state index contributed by atoms with van der Waals surface area (Å²) in [6, 6.07) is 21.8. The largest absolute Gasteiger partial charge is 0.497 e. The van der Waals surface area contributed by atoms with Crippen LogP contribution in [-0.4, -0.2) is 23.3 Å². The zero-order valence-corrected chi connectivity index (χ0v) is 16.6. The first-order chi connectivity index (χ1) is 15.1. The number of allylic oxidation sites excluding steroid dienone is 1. The van der Waals surface area contributed by atoms with Gasteiger partial charge in [0.1, 0.15) is 11.5 Å². The van der Waals surface area contributed by atoms with Crippen molar-refractivity contribution in [2.75, 3.05) is 12.4 Å². The van der Waals surface area contributed by atoms with Gasteiger partial charge in [0.2, 0.25) is 5.95 Å². The van der Waals surface area contributed by atoms with Gasteiger partial charge in [0, 0.05) is 11.3 Å². The summed E-state index contributed by atoms with van der Waals surface area (Å²) in [4.78, 5) is 4.73. The van der Waals surface area contributed by atoms with E-state index in [1.54, 1.807) is 25.3 Å². The van der Waals surface area contributed by atoms with Crippen LogP contribution >= 0.6 is 0 Å². The standard InChI is InChI=1S/C24H19F2N3O2/c1-30-16-12-10-15(11-13-16)19-14-21(17-6-2-5-9-22(17)31-23(25)26)29-20-8-4-3-7-18(20)27-24(29)28-19/h2-14,21,23H,1H3,(H,27,28)/t21-/m1/s1. The number of hydrogen-bond acceptors (Lipinski definition) is 4. The van der Waals surface area contributed by atoms with Crippen LogP contribution in [0.4, 0.5) is 14.7 Å². The number of benzene rings is 3. The van der Waals surface area contributed by atoms with Gasteiger partial charge in [-0.05, 0) is 54.1 Å². The first-order valence-electron chi connectivity index (χ1n) is 9.78. The molecule has 4 aromatic rings. The Labute approximate surface area is 177 Å². The molecule has 0 spiro atoms. The van der Waals surface area contributed by atoms with Crippen molar-refractivity contribution in [2.45, 2.75) is 12.7 Å². The second-order valence-corrected chi connectivity index (χ2v) is 7.09. The molecule has 3 aromatic carbocycles. The zero-order valence-electron chi connectivity index (χ0n) is 16.6. The van der Waals surface area contributed by atoms with Crippen LogP contribution in [0, 0.1) is 0 Å². The summed E-state index contributed by atoms with van der Waals surface area (Å²) in [6.07, 6.45) is 2.00. The van der Waals surface area contributed by atoms with Gasteiger partial charge in [-0.15, -0.1) is 0 Å². The fourth-order valence-electron chi connectivity index (χ4n) is 3.90. The molecular formula is C24H19F2N3O2. The molecule has 1 aliphatic heterocycles. The Kier molecular flexibility index (Phi) is 4.78. The first kappa shape index (κ1) is 19.1. The van der Waals surface area contributed by atoms with Crippen molar-refractivity contribution in [1.82, 2.24) is 9.55 Å². The number of imidazole rings is 1. The van der Waals surface area contributed by atoms with E-state index in [1.807, 2.05) is 65.2 Å². The van der Waals surface area contributed by atoms with Gasteiger partial charge in [0.15, 0.2) is 0 Å². The predicted octanol–water partition coefficient (Wildman–Crippen LogP) is 5.70. The van der Waals surface area contributed by atoms with E-state index in [-0.39, 0.29) is 5.75 Å². The molecule has 0 radical (unpaired) electrons. The Morgan fingerprint density at radius 2 is 1.71 bits per heavy atom. The SMILES string of the molecule is COc1ccc(C2=C[C@H](c3ccccc3OC(F)F)n3c(nc4ccccc43)N2)cc1. The van der Waals surface area contributed by atoms with Crippen LogP contribution in [0.1, 0.15) is 17.2 Å². The Hall–Kier alpha value is -3.87. The number of anilines is 1. The number of alkyl halides is 2. The van der Waals surface area contributed by atoms with Crippen LogP contribution in [0.5, 0.6) is 11.5 Å². The normalized spacial score (nSPS) is 15.4. The quantitative estimate of drug-likeness (QED) is 0.451. The molecular weight excluding hydrogens is 400 g/mol. The maximum atomic E-state index is 13.1. The van der Waals surface area contributed by atoms with Gasteiger partial charge < -0.3 is 14.8 Å². The van der Waals surface area contributed by atoms with Gasteiger partial charge in [-0.25, -0.2) is 4.98 Å². The molecule has 1 aromatic heterocycles. The molecule has 0 saturated carbocycles. The second kappa shape index (κ2) is 7.75. The van der Waals surface area contributed by atoms with E-state index in [4.69, 9.17) is 14.5 Å². The van der Waals surface area contributed by atoms with Gasteiger partial charge in [0.25, 0.3) is 0 Å². The molecule has 31 heavy (non-hydrogen) atoms. The molecule has 1 aliphatic rings. The van der Waals surface area contributed by atoms with Crippen molar-refractivity contribution in [3.05, 3.63) is 90.0 Å². The summed E-state index contributed by atoms with van der Waals surface area (Å²) < 4.78 is 38.3. The van der Waals surface area contributed by atoms with Gasteiger partial charge in [-0.1, -0.05) is 30.3 Å². The Morgan fingerprint density at radius 1 is 0.968 bits per heavy atom. The number of rotatable bonds is 5. The zero-order chi connectivity index (χ0) is 21.4. The maximum absolute atomic E-state index is 13.1. The second-order valence-electron chi connectivity index (χ2n) is 7.09. The highest BCUT2D eigenvalue weighted by atomic mass is 19.3. The molecule has 0 amide bonds. The van der Waals surface area contributed by atoms with E-state index in [0.29, 0.717) is 11.5 Å². The predicted molar refractivity (Wildman–Crippen MR) is 116 cm³/mol. The lowest BCUT2D eigenvalue weighted by Gasteiger charge is -2.27.